The molecular weight excluding hydrogens is 302 g/mol. The lowest BCUT2D eigenvalue weighted by atomic mass is 9.67. The van der Waals surface area contributed by atoms with E-state index in [1.165, 1.54) is 12.7 Å². The molecule has 0 saturated heterocycles. The summed E-state index contributed by atoms with van der Waals surface area (Å²) in [4.78, 5) is 8.83. The Labute approximate surface area is 140 Å². The molecule has 1 saturated carbocycles. The van der Waals surface area contributed by atoms with E-state index in [4.69, 9.17) is 0 Å². The first kappa shape index (κ1) is 15.1. The maximum absolute atomic E-state index is 9.33. The molecule has 6 heteroatoms. The molecule has 4 rings (SSSR count). The van der Waals surface area contributed by atoms with Gasteiger partial charge in [-0.05, 0) is 24.7 Å². The van der Waals surface area contributed by atoms with Crippen molar-refractivity contribution in [3.63, 3.8) is 0 Å². The van der Waals surface area contributed by atoms with Gasteiger partial charge in [-0.15, -0.1) is 0 Å². The Hall–Kier alpha value is -2.47. The largest absolute Gasteiger partial charge is 0.396 e. The average molecular weight is 323 g/mol. The second-order valence-corrected chi connectivity index (χ2v) is 6.55. The van der Waals surface area contributed by atoms with E-state index < -0.39 is 0 Å². The van der Waals surface area contributed by atoms with E-state index in [1.54, 1.807) is 4.52 Å². The number of benzene rings is 1. The third kappa shape index (κ3) is 2.73. The van der Waals surface area contributed by atoms with Gasteiger partial charge >= 0.3 is 0 Å². The lowest BCUT2D eigenvalue weighted by Crippen LogP contribution is -2.37. The number of aromatic nitrogens is 4. The Morgan fingerprint density at radius 1 is 1.21 bits per heavy atom. The van der Waals surface area contributed by atoms with Gasteiger partial charge in [-0.2, -0.15) is 14.6 Å². The van der Waals surface area contributed by atoms with Crippen molar-refractivity contribution in [3.05, 3.63) is 42.7 Å². The number of aliphatic hydroxyl groups excluding tert-OH is 1. The van der Waals surface area contributed by atoms with Crippen LogP contribution in [-0.4, -0.2) is 37.8 Å². The molecule has 0 atom stereocenters. The molecule has 24 heavy (non-hydrogen) atoms. The summed E-state index contributed by atoms with van der Waals surface area (Å²) in [5.74, 6) is 1.48. The minimum Gasteiger partial charge on any atom is -0.396 e. The second-order valence-electron chi connectivity index (χ2n) is 6.55. The standard InChI is InChI=1S/C18H21N5O/c24-10-9-18(7-4-8-18)12-19-16-11-15(14-5-2-1-3-6-14)22-17-20-13-21-23(16)17/h1-3,5-6,11,13,19,24H,4,7-10,12H2. The molecule has 1 aliphatic carbocycles. The van der Waals surface area contributed by atoms with Crippen LogP contribution in [0.3, 0.4) is 0 Å². The number of anilines is 1. The number of rotatable bonds is 6. The van der Waals surface area contributed by atoms with Gasteiger partial charge in [0.15, 0.2) is 0 Å². The lowest BCUT2D eigenvalue weighted by Gasteiger charge is -2.42. The van der Waals surface area contributed by atoms with Crippen LogP contribution in [-0.2, 0) is 0 Å². The zero-order chi connectivity index (χ0) is 16.4. The molecule has 0 bridgehead atoms. The minimum absolute atomic E-state index is 0.206. The van der Waals surface area contributed by atoms with Gasteiger partial charge in [0.2, 0.25) is 0 Å². The maximum atomic E-state index is 9.33. The van der Waals surface area contributed by atoms with Crippen LogP contribution in [0, 0.1) is 5.41 Å². The summed E-state index contributed by atoms with van der Waals surface area (Å²) < 4.78 is 1.73. The van der Waals surface area contributed by atoms with Gasteiger partial charge in [0.05, 0.1) is 5.69 Å². The first-order valence-electron chi connectivity index (χ1n) is 8.41. The number of nitrogens with one attached hydrogen (secondary N) is 1. The third-order valence-corrected chi connectivity index (χ3v) is 5.02. The molecule has 3 aromatic rings. The quantitative estimate of drug-likeness (QED) is 0.729. The summed E-state index contributed by atoms with van der Waals surface area (Å²) in [6.07, 6.45) is 5.94. The van der Waals surface area contributed by atoms with Gasteiger partial charge in [-0.25, -0.2) is 4.98 Å². The fourth-order valence-electron chi connectivity index (χ4n) is 3.40. The molecule has 124 valence electrons. The van der Waals surface area contributed by atoms with Crippen LogP contribution in [0.2, 0.25) is 0 Å². The Morgan fingerprint density at radius 3 is 2.75 bits per heavy atom. The molecule has 1 fully saturated rings. The van der Waals surface area contributed by atoms with Gasteiger partial charge in [0.1, 0.15) is 12.1 Å². The Balaban J connectivity index is 1.65. The van der Waals surface area contributed by atoms with Crippen LogP contribution in [0.5, 0.6) is 0 Å². The molecule has 2 aromatic heterocycles. The highest BCUT2D eigenvalue weighted by molar-refractivity contribution is 5.65. The van der Waals surface area contributed by atoms with Gasteiger partial charge in [-0.3, -0.25) is 0 Å². The topological polar surface area (TPSA) is 75.3 Å². The molecule has 2 heterocycles. The summed E-state index contributed by atoms with van der Waals surface area (Å²) in [6, 6.07) is 12.1. The SMILES string of the molecule is OCCC1(CNc2cc(-c3ccccc3)nc3ncnn23)CCC1. The Bertz CT molecular complexity index is 826. The molecule has 0 unspecified atom stereocenters. The van der Waals surface area contributed by atoms with E-state index in [0.29, 0.717) is 5.78 Å². The van der Waals surface area contributed by atoms with Crippen LogP contribution in [0.15, 0.2) is 42.7 Å². The molecule has 6 nitrogen and oxygen atoms in total. The fraction of sp³-hybridized carbons (Fsp3) is 0.389. The van der Waals surface area contributed by atoms with E-state index in [0.717, 1.165) is 42.9 Å². The van der Waals surface area contributed by atoms with Crippen molar-refractivity contribution >= 4 is 11.6 Å². The Kier molecular flexibility index (Phi) is 3.90. The van der Waals surface area contributed by atoms with E-state index >= 15 is 0 Å². The van der Waals surface area contributed by atoms with E-state index in [9.17, 15) is 5.11 Å². The highest BCUT2D eigenvalue weighted by atomic mass is 16.3. The van der Waals surface area contributed by atoms with Crippen LogP contribution in [0.4, 0.5) is 5.82 Å². The highest BCUT2D eigenvalue weighted by Crippen LogP contribution is 2.43. The average Bonchev–Trinajstić information content (AvgIpc) is 3.06. The molecule has 0 radical (unpaired) electrons. The van der Waals surface area contributed by atoms with Gasteiger partial charge in [-0.1, -0.05) is 36.8 Å². The molecular formula is C18H21N5O. The van der Waals surface area contributed by atoms with Gasteiger partial charge < -0.3 is 10.4 Å². The minimum atomic E-state index is 0.206. The highest BCUT2D eigenvalue weighted by Gasteiger charge is 2.36. The number of hydrogen-bond acceptors (Lipinski definition) is 5. The number of fused-ring (bicyclic) bond motifs is 1. The van der Waals surface area contributed by atoms with Crippen molar-refractivity contribution in [3.8, 4) is 11.3 Å². The van der Waals surface area contributed by atoms with E-state index in [1.807, 2.05) is 36.4 Å². The van der Waals surface area contributed by atoms with Crippen LogP contribution >= 0.6 is 0 Å². The molecule has 0 spiro atoms. The van der Waals surface area contributed by atoms with Crippen LogP contribution in [0.25, 0.3) is 17.0 Å². The first-order valence-corrected chi connectivity index (χ1v) is 8.41. The Morgan fingerprint density at radius 2 is 2.04 bits per heavy atom. The summed E-state index contributed by atoms with van der Waals surface area (Å²) in [7, 11) is 0. The zero-order valence-corrected chi connectivity index (χ0v) is 13.5. The summed E-state index contributed by atoms with van der Waals surface area (Å²) in [5.41, 5.74) is 2.14. The zero-order valence-electron chi connectivity index (χ0n) is 13.5. The molecule has 1 aliphatic rings. The molecule has 0 amide bonds. The van der Waals surface area contributed by atoms with Crippen molar-refractivity contribution in [1.29, 1.82) is 0 Å². The molecule has 0 aliphatic heterocycles. The smallest absolute Gasteiger partial charge is 0.254 e. The first-order chi connectivity index (χ1) is 11.8. The van der Waals surface area contributed by atoms with E-state index in [-0.39, 0.29) is 12.0 Å². The number of aliphatic hydroxyl groups is 1. The maximum Gasteiger partial charge on any atom is 0.254 e. The number of nitrogens with zero attached hydrogens (tertiary/aromatic N) is 4. The monoisotopic (exact) mass is 323 g/mol. The third-order valence-electron chi connectivity index (χ3n) is 5.02. The summed E-state index contributed by atoms with van der Waals surface area (Å²) >= 11 is 0. The van der Waals surface area contributed by atoms with Crippen molar-refractivity contribution < 1.29 is 5.11 Å². The normalized spacial score (nSPS) is 16.0. The van der Waals surface area contributed by atoms with Gasteiger partial charge in [0.25, 0.3) is 5.78 Å². The predicted octanol–water partition coefficient (Wildman–Crippen LogP) is 2.76. The van der Waals surface area contributed by atoms with Crippen molar-refractivity contribution in [2.75, 3.05) is 18.5 Å². The van der Waals surface area contributed by atoms with Crippen LogP contribution < -0.4 is 5.32 Å². The fourth-order valence-corrected chi connectivity index (χ4v) is 3.40. The molecule has 2 N–H and O–H groups in total. The van der Waals surface area contributed by atoms with E-state index in [2.05, 4.69) is 20.4 Å². The number of hydrogen-bond donors (Lipinski definition) is 2. The van der Waals surface area contributed by atoms with Crippen molar-refractivity contribution in [1.82, 2.24) is 19.6 Å². The molecule has 1 aromatic carbocycles. The summed E-state index contributed by atoms with van der Waals surface area (Å²) in [6.45, 7) is 1.08. The summed E-state index contributed by atoms with van der Waals surface area (Å²) in [5, 5.41) is 17.1. The van der Waals surface area contributed by atoms with Crippen molar-refractivity contribution in [2.45, 2.75) is 25.7 Å². The van der Waals surface area contributed by atoms with Gasteiger partial charge in [0, 0.05) is 24.8 Å². The predicted molar refractivity (Wildman–Crippen MR) is 92.7 cm³/mol. The lowest BCUT2D eigenvalue weighted by molar-refractivity contribution is 0.101. The van der Waals surface area contributed by atoms with Crippen LogP contribution in [0.1, 0.15) is 25.7 Å². The van der Waals surface area contributed by atoms with Crippen molar-refractivity contribution in [2.24, 2.45) is 5.41 Å². The second kappa shape index (κ2) is 6.20.